The lowest BCUT2D eigenvalue weighted by atomic mass is 10.3. The standard InChI is InChI=1S/C10H9BrN6O3/c1-16-10(18)17(15-14-16)9-6(7(11)5-20-9)4-19-8-2-3-12-13-8/h2-3,5H,4H2,1H3,(H,12,13)/i/hT. The molecule has 20 heavy (non-hydrogen) atoms. The summed E-state index contributed by atoms with van der Waals surface area (Å²) < 4.78 is 20.8. The van der Waals surface area contributed by atoms with Gasteiger partial charge in [-0.3, -0.25) is 5.09 Å². The fourth-order valence-corrected chi connectivity index (χ4v) is 1.92. The molecule has 0 aliphatic heterocycles. The predicted octanol–water partition coefficient (Wildman–Crippen LogP) is 0.624. The second kappa shape index (κ2) is 4.96. The first-order chi connectivity index (χ1) is 10.1. The van der Waals surface area contributed by atoms with Crippen molar-refractivity contribution in [1.29, 1.82) is 0 Å². The largest absolute Gasteiger partial charge is 0.471 e. The molecule has 0 bridgehead atoms. The van der Waals surface area contributed by atoms with Gasteiger partial charge < -0.3 is 9.15 Å². The highest BCUT2D eigenvalue weighted by Crippen LogP contribution is 2.26. The lowest BCUT2D eigenvalue weighted by molar-refractivity contribution is 0.290. The molecule has 0 saturated heterocycles. The number of H-pyrrole nitrogens is 1. The van der Waals surface area contributed by atoms with Gasteiger partial charge in [0.05, 0.1) is 10.0 Å². The third-order valence-corrected chi connectivity index (χ3v) is 3.20. The number of tetrazole rings is 1. The number of furan rings is 1. The molecule has 0 saturated carbocycles. The Kier molecular flexibility index (Phi) is 2.84. The summed E-state index contributed by atoms with van der Waals surface area (Å²) in [4.78, 5) is 11.9. The van der Waals surface area contributed by atoms with E-state index in [1.165, 1.54) is 19.5 Å². The Hall–Kier alpha value is -2.36. The van der Waals surface area contributed by atoms with Gasteiger partial charge in [-0.05, 0) is 26.4 Å². The van der Waals surface area contributed by atoms with Crippen molar-refractivity contribution in [3.8, 4) is 11.8 Å². The van der Waals surface area contributed by atoms with E-state index in [-0.39, 0.29) is 18.4 Å². The SMILES string of the molecule is [3H]n1ccc(OCc2c(Br)coc2-n2nnn(C)c2=O)n1. The van der Waals surface area contributed by atoms with Crippen LogP contribution in [0.4, 0.5) is 0 Å². The maximum absolute atomic E-state index is 11.9. The van der Waals surface area contributed by atoms with Crippen LogP contribution in [0.5, 0.6) is 5.88 Å². The minimum atomic E-state index is -0.437. The smallest absolute Gasteiger partial charge is 0.370 e. The number of nitrogens with one attached hydrogen (secondary N) is 1. The monoisotopic (exact) mass is 342 g/mol. The number of aryl methyl sites for hydroxylation is 1. The van der Waals surface area contributed by atoms with Crippen molar-refractivity contribution in [1.82, 2.24) is 30.0 Å². The van der Waals surface area contributed by atoms with Gasteiger partial charge in [-0.2, -0.15) is 4.68 Å². The highest BCUT2D eigenvalue weighted by atomic mass is 79.9. The summed E-state index contributed by atoms with van der Waals surface area (Å²) in [5, 5.41) is 12.0. The average molecular weight is 343 g/mol. The van der Waals surface area contributed by atoms with Crippen molar-refractivity contribution in [3.05, 3.63) is 39.0 Å². The highest BCUT2D eigenvalue weighted by molar-refractivity contribution is 9.10. The van der Waals surface area contributed by atoms with Crippen molar-refractivity contribution in [2.75, 3.05) is 0 Å². The van der Waals surface area contributed by atoms with Crippen LogP contribution in [0.1, 0.15) is 5.56 Å². The molecule has 0 aromatic carbocycles. The van der Waals surface area contributed by atoms with E-state index in [9.17, 15) is 4.79 Å². The Labute approximate surface area is 121 Å². The summed E-state index contributed by atoms with van der Waals surface area (Å²) in [6.45, 7) is 0.0897. The molecule has 3 aromatic rings. The highest BCUT2D eigenvalue weighted by Gasteiger charge is 2.19. The summed E-state index contributed by atoms with van der Waals surface area (Å²) in [5.74, 6) is 0.501. The Morgan fingerprint density at radius 3 is 3.10 bits per heavy atom. The van der Waals surface area contributed by atoms with Gasteiger partial charge in [-0.25, -0.2) is 4.79 Å². The summed E-state index contributed by atoms with van der Waals surface area (Å²) in [5.41, 5.74) is 0.144. The summed E-state index contributed by atoms with van der Waals surface area (Å²) in [6.07, 6.45) is 2.87. The van der Waals surface area contributed by atoms with Crippen molar-refractivity contribution in [3.63, 3.8) is 0 Å². The lowest BCUT2D eigenvalue weighted by Gasteiger charge is -2.03. The van der Waals surface area contributed by atoms with Gasteiger partial charge in [0.1, 0.15) is 12.9 Å². The Morgan fingerprint density at radius 1 is 1.60 bits per heavy atom. The van der Waals surface area contributed by atoms with E-state index in [0.717, 1.165) is 14.5 Å². The van der Waals surface area contributed by atoms with Gasteiger partial charge in [0.2, 0.25) is 11.8 Å². The van der Waals surface area contributed by atoms with Crippen LogP contribution in [0.2, 0.25) is 1.41 Å². The fraction of sp³-hybridized carbons (Fsp3) is 0.200. The first kappa shape index (κ1) is 11.5. The predicted molar refractivity (Wildman–Crippen MR) is 69.5 cm³/mol. The van der Waals surface area contributed by atoms with Gasteiger partial charge in [0.25, 0.3) is 0 Å². The third-order valence-electron chi connectivity index (χ3n) is 2.54. The molecule has 3 heterocycles. The molecule has 10 heteroatoms. The van der Waals surface area contributed by atoms with Gasteiger partial charge >= 0.3 is 5.69 Å². The van der Waals surface area contributed by atoms with Crippen LogP contribution >= 0.6 is 15.9 Å². The minimum Gasteiger partial charge on any atom is -0.471 e. The number of halogens is 1. The number of aromatic amines is 1. The molecule has 9 nitrogen and oxygen atoms in total. The normalized spacial score (nSPS) is 11.6. The molecule has 0 amide bonds. The van der Waals surface area contributed by atoms with E-state index in [4.69, 9.17) is 10.6 Å². The van der Waals surface area contributed by atoms with E-state index in [1.54, 1.807) is 6.07 Å². The Bertz CT molecular complexity index is 834. The van der Waals surface area contributed by atoms with Crippen LogP contribution < -0.4 is 10.4 Å². The number of hydrogen-bond acceptors (Lipinski definition) is 6. The fourth-order valence-electron chi connectivity index (χ4n) is 1.55. The van der Waals surface area contributed by atoms with Gasteiger partial charge in [0.15, 0.2) is 1.41 Å². The first-order valence-corrected chi connectivity index (χ1v) is 6.28. The molecular formula is C10H9BrN6O3. The third kappa shape index (κ3) is 2.13. The zero-order valence-electron chi connectivity index (χ0n) is 11.2. The van der Waals surface area contributed by atoms with Crippen molar-refractivity contribution in [2.45, 2.75) is 6.61 Å². The number of hydrogen-bond donors (Lipinski definition) is 1. The van der Waals surface area contributed by atoms with E-state index in [2.05, 4.69) is 31.5 Å². The lowest BCUT2D eigenvalue weighted by Crippen LogP contribution is -2.22. The van der Waals surface area contributed by atoms with E-state index >= 15 is 0 Å². The Morgan fingerprint density at radius 2 is 2.45 bits per heavy atom. The van der Waals surface area contributed by atoms with Gasteiger partial charge in [-0.1, -0.05) is 0 Å². The molecule has 1 N–H and O–H groups in total. The number of rotatable bonds is 4. The summed E-state index contributed by atoms with van der Waals surface area (Å²) in [6, 6.07) is 1.55. The second-order valence-corrected chi connectivity index (χ2v) is 4.68. The molecule has 0 fully saturated rings. The molecule has 0 aliphatic rings. The molecule has 0 radical (unpaired) electrons. The van der Waals surface area contributed by atoms with Crippen molar-refractivity contribution < 1.29 is 10.6 Å². The summed E-state index contributed by atoms with van der Waals surface area (Å²) in [7, 11) is 1.49. The Balaban J connectivity index is 1.90. The average Bonchev–Trinajstić information content (AvgIpc) is 3.11. The van der Waals surface area contributed by atoms with E-state index in [1.807, 2.05) is 0 Å². The van der Waals surface area contributed by atoms with Crippen LogP contribution in [0, 0.1) is 0 Å². The molecule has 104 valence electrons. The van der Waals surface area contributed by atoms with Crippen LogP contribution in [0.15, 0.2) is 32.2 Å². The molecular weight excluding hydrogens is 332 g/mol. The zero-order valence-corrected chi connectivity index (χ0v) is 11.8. The number of aromatic nitrogens is 6. The summed E-state index contributed by atoms with van der Waals surface area (Å²) >= 11 is 3.32. The van der Waals surface area contributed by atoms with Crippen LogP contribution in [0.3, 0.4) is 0 Å². The number of nitrogens with zero attached hydrogens (tertiary/aromatic N) is 5. The number of ether oxygens (including phenoxy) is 1. The second-order valence-electron chi connectivity index (χ2n) is 3.82. The minimum absolute atomic E-state index is 0.0897. The molecule has 3 rings (SSSR count). The van der Waals surface area contributed by atoms with Crippen molar-refractivity contribution >= 4 is 15.9 Å². The maximum Gasteiger partial charge on any atom is 0.370 e. The van der Waals surface area contributed by atoms with Crippen LogP contribution in [-0.4, -0.2) is 30.0 Å². The molecule has 0 aliphatic carbocycles. The van der Waals surface area contributed by atoms with Gasteiger partial charge in [-0.15, -0.1) is 9.78 Å². The quantitative estimate of drug-likeness (QED) is 0.745. The van der Waals surface area contributed by atoms with E-state index < -0.39 is 5.69 Å². The molecule has 0 atom stereocenters. The van der Waals surface area contributed by atoms with E-state index in [0.29, 0.717) is 10.0 Å². The topological polar surface area (TPSA) is 104 Å². The van der Waals surface area contributed by atoms with Gasteiger partial charge in [0, 0.05) is 19.3 Å². The molecule has 0 unspecified atom stereocenters. The molecule has 3 aromatic heterocycles. The maximum atomic E-state index is 11.9. The zero-order chi connectivity index (χ0) is 15.0. The first-order valence-electron chi connectivity index (χ1n) is 5.94. The van der Waals surface area contributed by atoms with Crippen LogP contribution in [-0.2, 0) is 13.7 Å². The van der Waals surface area contributed by atoms with Crippen LogP contribution in [0.25, 0.3) is 5.88 Å². The molecule has 0 spiro atoms. The van der Waals surface area contributed by atoms with Crippen molar-refractivity contribution in [2.24, 2.45) is 7.05 Å².